The molecule has 1 rings (SSSR count). The first-order valence-corrected chi connectivity index (χ1v) is 6.54. The van der Waals surface area contributed by atoms with E-state index in [0.717, 1.165) is 0 Å². The van der Waals surface area contributed by atoms with Crippen molar-refractivity contribution in [3.63, 3.8) is 0 Å². The van der Waals surface area contributed by atoms with E-state index in [1.807, 2.05) is 0 Å². The quantitative estimate of drug-likeness (QED) is 0.764. The molecule has 0 saturated heterocycles. The van der Waals surface area contributed by atoms with E-state index >= 15 is 0 Å². The van der Waals surface area contributed by atoms with Crippen LogP contribution in [0.1, 0.15) is 12.8 Å². The second-order valence-corrected chi connectivity index (χ2v) is 5.19. The first-order chi connectivity index (χ1) is 7.63. The molecule has 0 fully saturated rings. The van der Waals surface area contributed by atoms with Crippen molar-refractivity contribution in [2.45, 2.75) is 17.7 Å². The van der Waals surface area contributed by atoms with Crippen LogP contribution in [-0.2, 0) is 20.3 Å². The zero-order valence-corrected chi connectivity index (χ0v) is 10.5. The summed E-state index contributed by atoms with van der Waals surface area (Å²) in [5.74, 6) is 0.165. The molecule has 0 N–H and O–H groups in total. The van der Waals surface area contributed by atoms with E-state index in [-0.39, 0.29) is 5.97 Å². The lowest BCUT2D eigenvalue weighted by atomic mass is 10.3. The minimum atomic E-state index is -1.10. The smallest absolute Gasteiger partial charge is 0.305 e. The fourth-order valence-corrected chi connectivity index (χ4v) is 2.56. The average molecular weight is 261 g/mol. The lowest BCUT2D eigenvalue weighted by Crippen LogP contribution is -2.04. The molecule has 1 unspecified atom stereocenters. The van der Waals surface area contributed by atoms with Crippen LogP contribution in [-0.4, -0.2) is 23.0 Å². The maximum atomic E-state index is 11.8. The van der Waals surface area contributed by atoms with Crippen molar-refractivity contribution in [1.82, 2.24) is 0 Å². The van der Waals surface area contributed by atoms with Gasteiger partial charge >= 0.3 is 5.97 Å². The van der Waals surface area contributed by atoms with Crippen molar-refractivity contribution in [3.8, 4) is 0 Å². The van der Waals surface area contributed by atoms with Gasteiger partial charge in [-0.05, 0) is 24.6 Å². The highest BCUT2D eigenvalue weighted by Gasteiger charge is 2.06. The number of esters is 1. The van der Waals surface area contributed by atoms with Crippen LogP contribution < -0.4 is 0 Å². The lowest BCUT2D eigenvalue weighted by molar-refractivity contribution is -0.140. The number of carbonyl (C=O) groups excluding carboxylic acids is 1. The van der Waals surface area contributed by atoms with Gasteiger partial charge in [0.2, 0.25) is 0 Å². The molecule has 0 radical (unpaired) electrons. The summed E-state index contributed by atoms with van der Waals surface area (Å²) in [6, 6.07) is 6.93. The van der Waals surface area contributed by atoms with Gasteiger partial charge in [0.25, 0.3) is 0 Å². The topological polar surface area (TPSA) is 43.4 Å². The molecule has 5 heteroatoms. The van der Waals surface area contributed by atoms with E-state index in [9.17, 15) is 9.00 Å². The first kappa shape index (κ1) is 13.2. The van der Waals surface area contributed by atoms with Gasteiger partial charge in [-0.1, -0.05) is 17.7 Å². The average Bonchev–Trinajstić information content (AvgIpc) is 2.28. The minimum Gasteiger partial charge on any atom is -0.469 e. The molecule has 0 aromatic heterocycles. The van der Waals surface area contributed by atoms with Gasteiger partial charge < -0.3 is 4.74 Å². The second-order valence-electron chi connectivity index (χ2n) is 3.19. The van der Waals surface area contributed by atoms with Crippen molar-refractivity contribution >= 4 is 28.4 Å². The van der Waals surface area contributed by atoms with Crippen molar-refractivity contribution < 1.29 is 13.7 Å². The van der Waals surface area contributed by atoms with Gasteiger partial charge in [-0.2, -0.15) is 0 Å². The molecule has 0 aliphatic rings. The predicted octanol–water partition coefficient (Wildman–Crippen LogP) is 2.40. The summed E-state index contributed by atoms with van der Waals surface area (Å²) in [5, 5.41) is 0.568. The van der Waals surface area contributed by atoms with E-state index in [4.69, 9.17) is 11.6 Å². The van der Waals surface area contributed by atoms with Gasteiger partial charge in [0.15, 0.2) is 0 Å². The van der Waals surface area contributed by atoms with Crippen molar-refractivity contribution in [3.05, 3.63) is 29.3 Å². The Hall–Kier alpha value is -0.870. The Bertz CT molecular complexity index is 393. The molecule has 0 amide bonds. The monoisotopic (exact) mass is 260 g/mol. The number of ether oxygens (including phenoxy) is 1. The fraction of sp³-hybridized carbons (Fsp3) is 0.364. The summed E-state index contributed by atoms with van der Waals surface area (Å²) in [6.07, 6.45) is 0.842. The van der Waals surface area contributed by atoms with Gasteiger partial charge in [-0.25, -0.2) is 0 Å². The maximum absolute atomic E-state index is 11.8. The fourth-order valence-electron chi connectivity index (χ4n) is 1.18. The molecule has 0 aliphatic carbocycles. The number of carbonyl (C=O) groups is 1. The molecule has 1 aromatic rings. The van der Waals surface area contributed by atoms with Crippen LogP contribution in [0.3, 0.4) is 0 Å². The Morgan fingerprint density at radius 2 is 2.25 bits per heavy atom. The highest BCUT2D eigenvalue weighted by molar-refractivity contribution is 7.85. The lowest BCUT2D eigenvalue weighted by Gasteiger charge is -2.02. The summed E-state index contributed by atoms with van der Waals surface area (Å²) in [7, 11) is 0.239. The molecule has 16 heavy (non-hydrogen) atoms. The summed E-state index contributed by atoms with van der Waals surface area (Å²) < 4.78 is 16.3. The SMILES string of the molecule is COC(=O)CCCS(=O)c1cccc(Cl)c1. The van der Waals surface area contributed by atoms with Gasteiger partial charge in [0.1, 0.15) is 0 Å². The first-order valence-electron chi connectivity index (χ1n) is 4.84. The minimum absolute atomic E-state index is 0.275. The molecule has 0 spiro atoms. The Kier molecular flexibility index (Phi) is 5.49. The maximum Gasteiger partial charge on any atom is 0.305 e. The van der Waals surface area contributed by atoms with Crippen LogP contribution in [0.25, 0.3) is 0 Å². The van der Waals surface area contributed by atoms with Crippen LogP contribution in [0.5, 0.6) is 0 Å². The van der Waals surface area contributed by atoms with Crippen LogP contribution in [0.15, 0.2) is 29.2 Å². The molecular weight excluding hydrogens is 248 g/mol. The molecule has 0 saturated carbocycles. The summed E-state index contributed by atoms with van der Waals surface area (Å²) >= 11 is 5.79. The van der Waals surface area contributed by atoms with Crippen LogP contribution >= 0.6 is 11.6 Å². The van der Waals surface area contributed by atoms with Crippen molar-refractivity contribution in [1.29, 1.82) is 0 Å². The number of hydrogen-bond acceptors (Lipinski definition) is 3. The zero-order chi connectivity index (χ0) is 12.0. The molecule has 1 atom stereocenters. The molecule has 3 nitrogen and oxygen atoms in total. The van der Waals surface area contributed by atoms with Crippen molar-refractivity contribution in [2.24, 2.45) is 0 Å². The molecule has 0 bridgehead atoms. The molecule has 0 heterocycles. The standard InChI is InChI=1S/C11H13ClO3S/c1-15-11(13)6-3-7-16(14)10-5-2-4-9(12)8-10/h2,4-5,8H,3,6-7H2,1H3. The largest absolute Gasteiger partial charge is 0.469 e. The molecule has 1 aromatic carbocycles. The number of benzene rings is 1. The summed E-state index contributed by atoms with van der Waals surface area (Å²) in [5.41, 5.74) is 0. The van der Waals surface area contributed by atoms with Gasteiger partial charge in [-0.3, -0.25) is 9.00 Å². The number of halogens is 1. The Morgan fingerprint density at radius 3 is 2.88 bits per heavy atom. The third-order valence-corrected chi connectivity index (χ3v) is 3.67. The Labute approximate surface area is 102 Å². The van der Waals surface area contributed by atoms with Gasteiger partial charge in [0, 0.05) is 22.1 Å². The highest BCUT2D eigenvalue weighted by atomic mass is 35.5. The number of rotatable bonds is 5. The van der Waals surface area contributed by atoms with Crippen molar-refractivity contribution in [2.75, 3.05) is 12.9 Å². The predicted molar refractivity (Wildman–Crippen MR) is 64.0 cm³/mol. The Balaban J connectivity index is 2.44. The summed E-state index contributed by atoms with van der Waals surface area (Å²) in [4.78, 5) is 11.5. The van der Waals surface area contributed by atoms with Gasteiger partial charge in [0.05, 0.1) is 17.9 Å². The molecule has 88 valence electrons. The van der Waals surface area contributed by atoms with Crippen LogP contribution in [0, 0.1) is 0 Å². The van der Waals surface area contributed by atoms with E-state index in [0.29, 0.717) is 28.5 Å². The molecular formula is C11H13ClO3S. The Morgan fingerprint density at radius 1 is 1.50 bits per heavy atom. The normalized spacial score (nSPS) is 12.1. The number of methoxy groups -OCH3 is 1. The van der Waals surface area contributed by atoms with Gasteiger partial charge in [-0.15, -0.1) is 0 Å². The zero-order valence-electron chi connectivity index (χ0n) is 8.94. The molecule has 0 aliphatic heterocycles. The van der Waals surface area contributed by atoms with Crippen LogP contribution in [0.4, 0.5) is 0 Å². The number of hydrogen-bond donors (Lipinski definition) is 0. The highest BCUT2D eigenvalue weighted by Crippen LogP contribution is 2.14. The van der Waals surface area contributed by atoms with E-state index < -0.39 is 10.8 Å². The van der Waals surface area contributed by atoms with E-state index in [1.165, 1.54) is 7.11 Å². The second kappa shape index (κ2) is 6.66. The van der Waals surface area contributed by atoms with Crippen LogP contribution in [0.2, 0.25) is 5.02 Å². The van der Waals surface area contributed by atoms with E-state index in [2.05, 4.69) is 4.74 Å². The summed E-state index contributed by atoms with van der Waals surface area (Å²) in [6.45, 7) is 0. The third-order valence-electron chi connectivity index (χ3n) is 2.00. The van der Waals surface area contributed by atoms with E-state index in [1.54, 1.807) is 24.3 Å². The third kappa shape index (κ3) is 4.33.